The molecule has 0 fully saturated rings. The third-order valence-electron chi connectivity index (χ3n) is 4.79. The van der Waals surface area contributed by atoms with Crippen LogP contribution in [0.2, 0.25) is 0 Å². The van der Waals surface area contributed by atoms with Crippen molar-refractivity contribution < 1.29 is 9.53 Å². The van der Waals surface area contributed by atoms with Crippen LogP contribution in [0.4, 0.5) is 0 Å². The van der Waals surface area contributed by atoms with E-state index >= 15 is 0 Å². The summed E-state index contributed by atoms with van der Waals surface area (Å²) >= 11 is 0. The second-order valence-corrected chi connectivity index (χ2v) is 7.07. The monoisotopic (exact) mass is 389 g/mol. The van der Waals surface area contributed by atoms with Crippen LogP contribution < -0.4 is 4.74 Å². The molecule has 3 heteroatoms. The van der Waals surface area contributed by atoms with E-state index in [4.69, 9.17) is 4.74 Å². The Morgan fingerprint density at radius 2 is 2.00 bits per heavy atom. The summed E-state index contributed by atoms with van der Waals surface area (Å²) in [6.07, 6.45) is 14.1. The molecule has 152 valence electrons. The standard InChI is InChI=1S/C26H31NO2/c1-6-8-10-25-23(18-28)17-26(27-25)22(9-7-2)15-19(3)11-12-21-13-14-24(29-5)16-20(21)4/h7,9,11-18,27H,3,6,8,10H2,1-2,4-5H3/b9-7-,12-11+,22-15+. The minimum atomic E-state index is 0.735. The molecule has 0 atom stereocenters. The second-order valence-electron chi connectivity index (χ2n) is 7.07. The zero-order valence-corrected chi connectivity index (χ0v) is 17.9. The minimum Gasteiger partial charge on any atom is -0.497 e. The molecule has 0 aliphatic heterocycles. The van der Waals surface area contributed by atoms with Crippen molar-refractivity contribution in [1.29, 1.82) is 0 Å². The first-order valence-electron chi connectivity index (χ1n) is 10.1. The molecule has 3 nitrogen and oxygen atoms in total. The summed E-state index contributed by atoms with van der Waals surface area (Å²) in [7, 11) is 1.67. The molecule has 0 spiro atoms. The van der Waals surface area contributed by atoms with Gasteiger partial charge in [0, 0.05) is 17.0 Å². The van der Waals surface area contributed by atoms with Gasteiger partial charge >= 0.3 is 0 Å². The number of benzene rings is 1. The van der Waals surface area contributed by atoms with Crippen molar-refractivity contribution in [3.8, 4) is 5.75 Å². The zero-order chi connectivity index (χ0) is 21.2. The maximum Gasteiger partial charge on any atom is 0.151 e. The topological polar surface area (TPSA) is 42.1 Å². The summed E-state index contributed by atoms with van der Waals surface area (Å²) in [5, 5.41) is 0. The number of carbonyl (C=O) groups excluding carboxylic acids is 1. The number of allylic oxidation sites excluding steroid dienone is 6. The van der Waals surface area contributed by atoms with E-state index in [-0.39, 0.29) is 0 Å². The molecule has 1 heterocycles. The van der Waals surface area contributed by atoms with E-state index in [1.54, 1.807) is 7.11 Å². The van der Waals surface area contributed by atoms with Crippen molar-refractivity contribution in [2.24, 2.45) is 0 Å². The number of methoxy groups -OCH3 is 1. The summed E-state index contributed by atoms with van der Waals surface area (Å²) in [6, 6.07) is 7.93. The molecule has 29 heavy (non-hydrogen) atoms. The van der Waals surface area contributed by atoms with Gasteiger partial charge in [-0.15, -0.1) is 0 Å². The van der Waals surface area contributed by atoms with E-state index in [0.29, 0.717) is 0 Å². The lowest BCUT2D eigenvalue weighted by molar-refractivity contribution is 0.112. The number of rotatable bonds is 10. The van der Waals surface area contributed by atoms with Gasteiger partial charge in [-0.3, -0.25) is 4.79 Å². The van der Waals surface area contributed by atoms with Crippen LogP contribution in [-0.2, 0) is 6.42 Å². The van der Waals surface area contributed by atoms with E-state index in [2.05, 4.69) is 31.5 Å². The van der Waals surface area contributed by atoms with Crippen LogP contribution in [0.3, 0.4) is 0 Å². The first-order valence-corrected chi connectivity index (χ1v) is 10.1. The van der Waals surface area contributed by atoms with Gasteiger partial charge in [-0.2, -0.15) is 0 Å². The van der Waals surface area contributed by atoms with E-state index in [0.717, 1.165) is 70.5 Å². The molecule has 1 N–H and O–H groups in total. The van der Waals surface area contributed by atoms with Crippen molar-refractivity contribution in [1.82, 2.24) is 4.98 Å². The zero-order valence-electron chi connectivity index (χ0n) is 17.9. The summed E-state index contributed by atoms with van der Waals surface area (Å²) in [5.41, 5.74) is 6.82. The molecule has 1 aromatic heterocycles. The van der Waals surface area contributed by atoms with Crippen LogP contribution in [0, 0.1) is 6.92 Å². The number of carbonyl (C=O) groups is 1. The maximum atomic E-state index is 11.4. The molecule has 0 radical (unpaired) electrons. The Labute approximate surface area is 174 Å². The average molecular weight is 390 g/mol. The molecule has 0 unspecified atom stereocenters. The van der Waals surface area contributed by atoms with Crippen molar-refractivity contribution in [3.63, 3.8) is 0 Å². The lowest BCUT2D eigenvalue weighted by atomic mass is 10.0. The Morgan fingerprint density at radius 3 is 2.62 bits per heavy atom. The second kappa shape index (κ2) is 11.1. The predicted molar refractivity (Wildman–Crippen MR) is 123 cm³/mol. The van der Waals surface area contributed by atoms with Crippen LogP contribution >= 0.6 is 0 Å². The summed E-state index contributed by atoms with van der Waals surface area (Å²) in [6.45, 7) is 10.4. The smallest absolute Gasteiger partial charge is 0.151 e. The quantitative estimate of drug-likeness (QED) is 0.362. The fourth-order valence-electron chi connectivity index (χ4n) is 3.14. The highest BCUT2D eigenvalue weighted by atomic mass is 16.5. The van der Waals surface area contributed by atoms with E-state index in [1.807, 2.05) is 55.5 Å². The predicted octanol–water partition coefficient (Wildman–Crippen LogP) is 6.72. The molecule has 0 amide bonds. The number of aryl methyl sites for hydroxylation is 2. The summed E-state index contributed by atoms with van der Waals surface area (Å²) in [4.78, 5) is 14.9. The molecule has 0 saturated carbocycles. The normalized spacial score (nSPS) is 12.1. The number of H-pyrrole nitrogens is 1. The van der Waals surface area contributed by atoms with Crippen molar-refractivity contribution >= 4 is 17.9 Å². The van der Waals surface area contributed by atoms with E-state index < -0.39 is 0 Å². The van der Waals surface area contributed by atoms with Gasteiger partial charge in [-0.1, -0.05) is 50.3 Å². The van der Waals surface area contributed by atoms with Crippen LogP contribution in [0.25, 0.3) is 11.6 Å². The van der Waals surface area contributed by atoms with E-state index in [9.17, 15) is 4.79 Å². The van der Waals surface area contributed by atoms with Crippen LogP contribution in [0.1, 0.15) is 59.6 Å². The summed E-state index contributed by atoms with van der Waals surface area (Å²) in [5.74, 6) is 0.852. The molecule has 0 aliphatic rings. The number of ether oxygens (including phenoxy) is 1. The molecule has 2 aromatic rings. The van der Waals surface area contributed by atoms with Gasteiger partial charge in [0.2, 0.25) is 0 Å². The molecule has 0 bridgehead atoms. The largest absolute Gasteiger partial charge is 0.497 e. The lowest BCUT2D eigenvalue weighted by Gasteiger charge is -2.04. The number of unbranched alkanes of at least 4 members (excludes halogenated alkanes) is 1. The Balaban J connectivity index is 2.27. The highest BCUT2D eigenvalue weighted by molar-refractivity contribution is 5.83. The van der Waals surface area contributed by atoms with Gasteiger partial charge in [0.1, 0.15) is 5.75 Å². The average Bonchev–Trinajstić information content (AvgIpc) is 3.14. The van der Waals surface area contributed by atoms with Gasteiger partial charge in [-0.05, 0) is 73.2 Å². The van der Waals surface area contributed by atoms with Crippen LogP contribution in [-0.4, -0.2) is 18.4 Å². The fraction of sp³-hybridized carbons (Fsp3) is 0.269. The Morgan fingerprint density at radius 1 is 1.21 bits per heavy atom. The van der Waals surface area contributed by atoms with Gasteiger partial charge in [0.15, 0.2) is 6.29 Å². The Bertz CT molecular complexity index is 942. The molecule has 2 rings (SSSR count). The van der Waals surface area contributed by atoms with Crippen molar-refractivity contribution in [2.75, 3.05) is 7.11 Å². The van der Waals surface area contributed by atoms with Gasteiger partial charge in [0.05, 0.1) is 7.11 Å². The fourth-order valence-corrected chi connectivity index (χ4v) is 3.14. The van der Waals surface area contributed by atoms with Crippen LogP contribution in [0.15, 0.2) is 60.7 Å². The molecule has 0 saturated heterocycles. The number of hydrogen-bond acceptors (Lipinski definition) is 2. The number of aromatic nitrogens is 1. The lowest BCUT2D eigenvalue weighted by Crippen LogP contribution is -1.90. The summed E-state index contributed by atoms with van der Waals surface area (Å²) < 4.78 is 5.26. The Hall–Kier alpha value is -3.07. The highest BCUT2D eigenvalue weighted by Crippen LogP contribution is 2.23. The Kier molecular flexibility index (Phi) is 8.47. The van der Waals surface area contributed by atoms with Crippen molar-refractivity contribution in [2.45, 2.75) is 40.0 Å². The third kappa shape index (κ3) is 6.21. The van der Waals surface area contributed by atoms with Crippen LogP contribution in [0.5, 0.6) is 5.75 Å². The van der Waals surface area contributed by atoms with Gasteiger partial charge in [-0.25, -0.2) is 0 Å². The maximum absolute atomic E-state index is 11.4. The highest BCUT2D eigenvalue weighted by Gasteiger charge is 2.09. The third-order valence-corrected chi connectivity index (χ3v) is 4.79. The SMILES string of the molecule is C=C(/C=C/c1ccc(OC)cc1C)/C=C(\C=C/C)c1cc(C=O)c(CCCC)[nH]1. The number of aromatic amines is 1. The number of hydrogen-bond donors (Lipinski definition) is 1. The molecular formula is C26H31NO2. The molecule has 1 aromatic carbocycles. The van der Waals surface area contributed by atoms with E-state index in [1.165, 1.54) is 0 Å². The first-order chi connectivity index (χ1) is 14.0. The number of nitrogens with one attached hydrogen (secondary N) is 1. The number of aldehydes is 1. The van der Waals surface area contributed by atoms with Crippen molar-refractivity contribution in [3.05, 3.63) is 88.8 Å². The van der Waals surface area contributed by atoms with Gasteiger partial charge in [0.25, 0.3) is 0 Å². The molecule has 0 aliphatic carbocycles. The van der Waals surface area contributed by atoms with Gasteiger partial charge < -0.3 is 9.72 Å². The molecular weight excluding hydrogens is 358 g/mol. The minimum absolute atomic E-state index is 0.735. The first kappa shape index (κ1) is 22.2.